The Morgan fingerprint density at radius 3 is 2.62 bits per heavy atom. The lowest BCUT2D eigenvalue weighted by molar-refractivity contribution is -0.119. The molecule has 0 aliphatic carbocycles. The second-order valence-electron chi connectivity index (χ2n) is 4.50. The third kappa shape index (κ3) is 3.37. The molecule has 0 fully saturated rings. The predicted molar refractivity (Wildman–Crippen MR) is 68.6 cm³/mol. The van der Waals surface area contributed by atoms with Gasteiger partial charge in [0.15, 0.2) is 0 Å². The van der Waals surface area contributed by atoms with E-state index in [1.807, 2.05) is 26.0 Å². The molecule has 2 nitrogen and oxygen atoms in total. The molecule has 0 aliphatic rings. The molecule has 1 N–H and O–H groups in total. The third-order valence-electron chi connectivity index (χ3n) is 2.81. The topological polar surface area (TPSA) is 29.1 Å². The number of rotatable bonds is 4. The number of nitrogens with one attached hydrogen (secondary N) is 1. The number of hydrogen-bond donors (Lipinski definition) is 1. The first-order valence-corrected chi connectivity index (χ1v) is 5.92. The lowest BCUT2D eigenvalue weighted by Crippen LogP contribution is -2.20. The van der Waals surface area contributed by atoms with Gasteiger partial charge < -0.3 is 5.32 Å². The van der Waals surface area contributed by atoms with Gasteiger partial charge in [-0.15, -0.1) is 0 Å². The maximum atomic E-state index is 11.8. The van der Waals surface area contributed by atoms with Gasteiger partial charge in [0.1, 0.15) is 0 Å². The number of amides is 1. The Morgan fingerprint density at radius 1 is 1.38 bits per heavy atom. The van der Waals surface area contributed by atoms with E-state index in [-0.39, 0.29) is 11.8 Å². The van der Waals surface area contributed by atoms with Crippen molar-refractivity contribution in [1.82, 2.24) is 0 Å². The highest BCUT2D eigenvalue weighted by Crippen LogP contribution is 2.17. The summed E-state index contributed by atoms with van der Waals surface area (Å²) < 4.78 is 0. The normalized spacial score (nSPS) is 12.2. The second-order valence-corrected chi connectivity index (χ2v) is 4.50. The molecular weight excluding hydrogens is 198 g/mol. The summed E-state index contributed by atoms with van der Waals surface area (Å²) in [6.07, 6.45) is 1.98. The average molecular weight is 219 g/mol. The van der Waals surface area contributed by atoms with Crippen molar-refractivity contribution in [2.75, 3.05) is 5.32 Å². The summed E-state index contributed by atoms with van der Waals surface area (Å²) >= 11 is 0. The van der Waals surface area contributed by atoms with Crippen molar-refractivity contribution in [3.8, 4) is 0 Å². The van der Waals surface area contributed by atoms with Crippen molar-refractivity contribution in [3.63, 3.8) is 0 Å². The van der Waals surface area contributed by atoms with E-state index in [0.717, 1.165) is 24.1 Å². The molecule has 0 aromatic heterocycles. The molecule has 2 heteroatoms. The van der Waals surface area contributed by atoms with Crippen molar-refractivity contribution >= 4 is 11.6 Å². The van der Waals surface area contributed by atoms with E-state index in [9.17, 15) is 4.79 Å². The molecular formula is C14H21NO. The van der Waals surface area contributed by atoms with E-state index in [0.29, 0.717) is 0 Å². The van der Waals surface area contributed by atoms with Crippen LogP contribution >= 0.6 is 0 Å². The Kier molecular flexibility index (Phi) is 4.53. The molecule has 1 aromatic carbocycles. The van der Waals surface area contributed by atoms with Gasteiger partial charge in [-0.05, 0) is 31.9 Å². The first kappa shape index (κ1) is 12.8. The molecule has 1 atom stereocenters. The highest BCUT2D eigenvalue weighted by molar-refractivity contribution is 5.93. The van der Waals surface area contributed by atoms with Gasteiger partial charge in [0.25, 0.3) is 0 Å². The number of anilines is 1. The van der Waals surface area contributed by atoms with Crippen molar-refractivity contribution in [2.45, 2.75) is 40.5 Å². The molecule has 1 unspecified atom stereocenters. The van der Waals surface area contributed by atoms with E-state index in [4.69, 9.17) is 0 Å². The second kappa shape index (κ2) is 5.69. The summed E-state index contributed by atoms with van der Waals surface area (Å²) in [4.78, 5) is 11.8. The molecule has 1 aromatic rings. The van der Waals surface area contributed by atoms with Gasteiger partial charge in [-0.2, -0.15) is 0 Å². The van der Waals surface area contributed by atoms with Crippen LogP contribution in [0.4, 0.5) is 5.69 Å². The van der Waals surface area contributed by atoms with E-state index in [1.54, 1.807) is 0 Å². The van der Waals surface area contributed by atoms with Gasteiger partial charge >= 0.3 is 0 Å². The number of carbonyl (C=O) groups excluding carboxylic acids is 1. The van der Waals surface area contributed by atoms with Crippen LogP contribution in [0.25, 0.3) is 0 Å². The van der Waals surface area contributed by atoms with Crippen LogP contribution < -0.4 is 5.32 Å². The summed E-state index contributed by atoms with van der Waals surface area (Å²) in [5.41, 5.74) is 3.27. The summed E-state index contributed by atoms with van der Waals surface area (Å²) in [6, 6.07) is 6.08. The Morgan fingerprint density at radius 2 is 2.06 bits per heavy atom. The van der Waals surface area contributed by atoms with E-state index < -0.39 is 0 Å². The minimum Gasteiger partial charge on any atom is -0.326 e. The fourth-order valence-corrected chi connectivity index (χ4v) is 1.77. The van der Waals surface area contributed by atoms with E-state index in [2.05, 4.69) is 25.2 Å². The molecule has 1 amide bonds. The van der Waals surface area contributed by atoms with Crippen LogP contribution in [0.5, 0.6) is 0 Å². The first-order chi connectivity index (χ1) is 7.54. The van der Waals surface area contributed by atoms with Crippen LogP contribution in [0.3, 0.4) is 0 Å². The van der Waals surface area contributed by atoms with Gasteiger partial charge in [0.05, 0.1) is 0 Å². The monoisotopic (exact) mass is 219 g/mol. The van der Waals surface area contributed by atoms with Crippen molar-refractivity contribution < 1.29 is 4.79 Å². The minimum atomic E-state index is 0.0886. The molecule has 0 saturated heterocycles. The summed E-state index contributed by atoms with van der Waals surface area (Å²) in [7, 11) is 0. The molecule has 0 heterocycles. The Balaban J connectivity index is 2.69. The highest BCUT2D eigenvalue weighted by Gasteiger charge is 2.12. The van der Waals surface area contributed by atoms with E-state index >= 15 is 0 Å². The highest BCUT2D eigenvalue weighted by atomic mass is 16.1. The maximum Gasteiger partial charge on any atom is 0.227 e. The van der Waals surface area contributed by atoms with Crippen LogP contribution in [-0.4, -0.2) is 5.91 Å². The third-order valence-corrected chi connectivity index (χ3v) is 2.81. The van der Waals surface area contributed by atoms with Gasteiger partial charge in [0, 0.05) is 11.6 Å². The smallest absolute Gasteiger partial charge is 0.227 e. The lowest BCUT2D eigenvalue weighted by atomic mass is 10.0. The summed E-state index contributed by atoms with van der Waals surface area (Å²) in [5.74, 6) is 0.208. The zero-order valence-electron chi connectivity index (χ0n) is 10.6. The Labute approximate surface area is 98.1 Å². The molecule has 0 spiro atoms. The van der Waals surface area contributed by atoms with Crippen molar-refractivity contribution in [1.29, 1.82) is 0 Å². The molecule has 0 saturated carbocycles. The molecule has 16 heavy (non-hydrogen) atoms. The number of aryl methyl sites for hydroxylation is 2. The molecule has 1 rings (SSSR count). The first-order valence-electron chi connectivity index (χ1n) is 5.92. The van der Waals surface area contributed by atoms with Crippen LogP contribution in [-0.2, 0) is 4.79 Å². The van der Waals surface area contributed by atoms with E-state index in [1.165, 1.54) is 5.56 Å². The Hall–Kier alpha value is -1.31. The fraction of sp³-hybridized carbons (Fsp3) is 0.500. The Bertz CT molecular complexity index is 371. The average Bonchev–Trinajstić information content (AvgIpc) is 2.22. The predicted octanol–water partition coefficient (Wildman–Crippen LogP) is 3.68. The SMILES string of the molecule is CCCC(C)C(=O)Nc1ccc(C)cc1C. The van der Waals surface area contributed by atoms with Crippen molar-refractivity contribution in [2.24, 2.45) is 5.92 Å². The summed E-state index contributed by atoms with van der Waals surface area (Å²) in [6.45, 7) is 8.15. The molecule has 0 bridgehead atoms. The number of benzene rings is 1. The number of carbonyl (C=O) groups is 1. The zero-order valence-corrected chi connectivity index (χ0v) is 10.6. The van der Waals surface area contributed by atoms with Crippen molar-refractivity contribution in [3.05, 3.63) is 29.3 Å². The zero-order chi connectivity index (χ0) is 12.1. The summed E-state index contributed by atoms with van der Waals surface area (Å²) in [5, 5.41) is 2.98. The van der Waals surface area contributed by atoms with Crippen LogP contribution in [0, 0.1) is 19.8 Å². The molecule has 0 radical (unpaired) electrons. The van der Waals surface area contributed by atoms with Gasteiger partial charge in [-0.1, -0.05) is 38.0 Å². The van der Waals surface area contributed by atoms with Gasteiger partial charge in [0.2, 0.25) is 5.91 Å². The fourth-order valence-electron chi connectivity index (χ4n) is 1.77. The molecule has 88 valence electrons. The van der Waals surface area contributed by atoms with Gasteiger partial charge in [-0.3, -0.25) is 4.79 Å². The number of hydrogen-bond acceptors (Lipinski definition) is 1. The quantitative estimate of drug-likeness (QED) is 0.822. The largest absolute Gasteiger partial charge is 0.326 e. The lowest BCUT2D eigenvalue weighted by Gasteiger charge is -2.13. The minimum absolute atomic E-state index is 0.0886. The van der Waals surface area contributed by atoms with Gasteiger partial charge in [-0.25, -0.2) is 0 Å². The van der Waals surface area contributed by atoms with Crippen LogP contribution in [0.15, 0.2) is 18.2 Å². The molecule has 0 aliphatic heterocycles. The van der Waals surface area contributed by atoms with Crippen LogP contribution in [0.1, 0.15) is 37.8 Å². The van der Waals surface area contributed by atoms with Crippen LogP contribution in [0.2, 0.25) is 0 Å². The standard InChI is InChI=1S/C14H21NO/c1-5-6-11(3)14(16)15-13-8-7-10(2)9-12(13)4/h7-9,11H,5-6H2,1-4H3,(H,15,16). The maximum absolute atomic E-state index is 11.8.